The van der Waals surface area contributed by atoms with Crippen molar-refractivity contribution in [2.24, 2.45) is 11.3 Å². The topological polar surface area (TPSA) is 9.23 Å². The molecule has 1 aromatic rings. The molecule has 1 aromatic carbocycles. The molecule has 0 N–H and O–H groups in total. The van der Waals surface area contributed by atoms with Gasteiger partial charge >= 0.3 is 0 Å². The molecule has 1 nitrogen and oxygen atoms in total. The van der Waals surface area contributed by atoms with Gasteiger partial charge in [-0.2, -0.15) is 0 Å². The second kappa shape index (κ2) is 6.65. The first-order chi connectivity index (χ1) is 9.23. The third kappa shape index (κ3) is 4.26. The van der Waals surface area contributed by atoms with Gasteiger partial charge in [-0.05, 0) is 40.9 Å². The first kappa shape index (κ1) is 17.1. The summed E-state index contributed by atoms with van der Waals surface area (Å²) in [6.07, 6.45) is 2.33. The summed E-state index contributed by atoms with van der Waals surface area (Å²) in [5.74, 6) is 1.54. The second-order valence-electron chi connectivity index (χ2n) is 7.32. The lowest BCUT2D eigenvalue weighted by Crippen LogP contribution is -2.26. The maximum absolute atomic E-state index is 5.96. The van der Waals surface area contributed by atoms with Crippen LogP contribution >= 0.6 is 0 Å². The molecule has 1 atom stereocenters. The molecule has 0 aliphatic rings. The molecule has 0 aliphatic carbocycles. The van der Waals surface area contributed by atoms with Gasteiger partial charge in [0.1, 0.15) is 5.75 Å². The minimum Gasteiger partial charge on any atom is -0.493 e. The molecule has 20 heavy (non-hydrogen) atoms. The van der Waals surface area contributed by atoms with Gasteiger partial charge in [0.2, 0.25) is 0 Å². The Morgan fingerprint density at radius 2 is 1.50 bits per heavy atom. The van der Waals surface area contributed by atoms with Gasteiger partial charge in [-0.25, -0.2) is 0 Å². The SMILES string of the molecule is CCC(C)(C)c1ccc(OCC(C)C(C)(C)CC)cc1. The lowest BCUT2D eigenvalue weighted by molar-refractivity contribution is 0.141. The van der Waals surface area contributed by atoms with E-state index in [4.69, 9.17) is 4.74 Å². The molecule has 0 saturated carbocycles. The highest BCUT2D eigenvalue weighted by atomic mass is 16.5. The van der Waals surface area contributed by atoms with Crippen molar-refractivity contribution in [1.82, 2.24) is 0 Å². The van der Waals surface area contributed by atoms with Gasteiger partial charge in [-0.3, -0.25) is 0 Å². The zero-order chi connectivity index (χ0) is 15.4. The van der Waals surface area contributed by atoms with Crippen LogP contribution in [0.2, 0.25) is 0 Å². The number of hydrogen-bond acceptors (Lipinski definition) is 1. The molecule has 0 heterocycles. The average molecular weight is 276 g/mol. The minimum atomic E-state index is 0.246. The van der Waals surface area contributed by atoms with Crippen molar-refractivity contribution in [2.45, 2.75) is 66.7 Å². The van der Waals surface area contributed by atoms with Crippen LogP contribution in [0, 0.1) is 11.3 Å². The summed E-state index contributed by atoms with van der Waals surface area (Å²) in [6, 6.07) is 8.62. The van der Waals surface area contributed by atoms with Gasteiger partial charge in [-0.15, -0.1) is 0 Å². The molecule has 1 rings (SSSR count). The van der Waals surface area contributed by atoms with Crippen LogP contribution in [-0.2, 0) is 5.41 Å². The first-order valence-electron chi connectivity index (χ1n) is 7.96. The largest absolute Gasteiger partial charge is 0.493 e. The monoisotopic (exact) mass is 276 g/mol. The Balaban J connectivity index is 2.63. The fourth-order valence-corrected chi connectivity index (χ4v) is 2.00. The maximum Gasteiger partial charge on any atom is 0.119 e. The van der Waals surface area contributed by atoms with Gasteiger partial charge in [0.05, 0.1) is 6.61 Å². The molecular formula is C19H32O. The molecule has 0 radical (unpaired) electrons. The molecule has 1 unspecified atom stereocenters. The number of hydrogen-bond donors (Lipinski definition) is 0. The van der Waals surface area contributed by atoms with E-state index in [1.54, 1.807) is 0 Å². The van der Waals surface area contributed by atoms with Crippen LogP contribution in [0.15, 0.2) is 24.3 Å². The lowest BCUT2D eigenvalue weighted by Gasteiger charge is -2.30. The molecule has 0 fully saturated rings. The van der Waals surface area contributed by atoms with Gasteiger partial charge in [-0.1, -0.05) is 67.0 Å². The normalized spacial score (nSPS) is 14.2. The summed E-state index contributed by atoms with van der Waals surface area (Å²) < 4.78 is 5.96. The third-order valence-corrected chi connectivity index (χ3v) is 5.26. The first-order valence-corrected chi connectivity index (χ1v) is 7.96. The summed E-state index contributed by atoms with van der Waals surface area (Å²) >= 11 is 0. The van der Waals surface area contributed by atoms with Crippen molar-refractivity contribution in [3.05, 3.63) is 29.8 Å². The molecule has 0 spiro atoms. The number of rotatable bonds is 7. The van der Waals surface area contributed by atoms with Crippen LogP contribution in [0.4, 0.5) is 0 Å². The summed E-state index contributed by atoms with van der Waals surface area (Å²) in [6.45, 7) is 16.7. The van der Waals surface area contributed by atoms with E-state index in [-0.39, 0.29) is 5.41 Å². The van der Waals surface area contributed by atoms with E-state index >= 15 is 0 Å². The van der Waals surface area contributed by atoms with E-state index in [1.165, 1.54) is 12.0 Å². The van der Waals surface area contributed by atoms with Gasteiger partial charge in [0, 0.05) is 0 Å². The van der Waals surface area contributed by atoms with E-state index in [1.807, 2.05) is 0 Å². The summed E-state index contributed by atoms with van der Waals surface area (Å²) in [7, 11) is 0. The third-order valence-electron chi connectivity index (χ3n) is 5.26. The van der Waals surface area contributed by atoms with Gasteiger partial charge in [0.15, 0.2) is 0 Å². The van der Waals surface area contributed by atoms with Crippen molar-refractivity contribution >= 4 is 0 Å². The second-order valence-corrected chi connectivity index (χ2v) is 7.32. The molecule has 1 heteroatoms. The van der Waals surface area contributed by atoms with Crippen LogP contribution in [-0.4, -0.2) is 6.61 Å². The summed E-state index contributed by atoms with van der Waals surface area (Å²) in [5.41, 5.74) is 1.97. The Hall–Kier alpha value is -0.980. The molecular weight excluding hydrogens is 244 g/mol. The Bertz CT molecular complexity index is 400. The summed E-state index contributed by atoms with van der Waals surface area (Å²) in [4.78, 5) is 0. The number of benzene rings is 1. The molecule has 0 bridgehead atoms. The van der Waals surface area contributed by atoms with E-state index in [9.17, 15) is 0 Å². The smallest absolute Gasteiger partial charge is 0.119 e. The highest BCUT2D eigenvalue weighted by Gasteiger charge is 2.24. The molecule has 0 aliphatic heterocycles. The highest BCUT2D eigenvalue weighted by Crippen LogP contribution is 2.31. The van der Waals surface area contributed by atoms with Crippen LogP contribution < -0.4 is 4.74 Å². The lowest BCUT2D eigenvalue weighted by atomic mass is 9.78. The standard InChI is InChI=1S/C19H32O/c1-8-18(4,5)15(3)14-20-17-12-10-16(11-13-17)19(6,7)9-2/h10-13,15H,8-9,14H2,1-7H3. The maximum atomic E-state index is 5.96. The van der Waals surface area contributed by atoms with Gasteiger partial charge in [0.25, 0.3) is 0 Å². The fraction of sp³-hybridized carbons (Fsp3) is 0.684. The fourth-order valence-electron chi connectivity index (χ4n) is 2.00. The molecule has 0 aromatic heterocycles. The Morgan fingerprint density at radius 1 is 0.950 bits per heavy atom. The zero-order valence-corrected chi connectivity index (χ0v) is 14.4. The van der Waals surface area contributed by atoms with Crippen molar-refractivity contribution in [3.63, 3.8) is 0 Å². The van der Waals surface area contributed by atoms with E-state index < -0.39 is 0 Å². The van der Waals surface area contributed by atoms with Gasteiger partial charge < -0.3 is 4.74 Å². The predicted octanol–water partition coefficient (Wildman–Crippen LogP) is 5.83. The molecule has 0 amide bonds. The minimum absolute atomic E-state index is 0.246. The van der Waals surface area contributed by atoms with E-state index in [0.717, 1.165) is 18.8 Å². The van der Waals surface area contributed by atoms with Crippen LogP contribution in [0.5, 0.6) is 5.75 Å². The quantitative estimate of drug-likeness (QED) is 0.609. The summed E-state index contributed by atoms with van der Waals surface area (Å²) in [5, 5.41) is 0. The average Bonchev–Trinajstić information content (AvgIpc) is 2.45. The van der Waals surface area contributed by atoms with E-state index in [2.05, 4.69) is 72.7 Å². The Kier molecular flexibility index (Phi) is 5.68. The predicted molar refractivity (Wildman–Crippen MR) is 88.5 cm³/mol. The Labute approximate surface area is 125 Å². The van der Waals surface area contributed by atoms with Crippen LogP contribution in [0.3, 0.4) is 0 Å². The van der Waals surface area contributed by atoms with Crippen molar-refractivity contribution in [2.75, 3.05) is 6.61 Å². The van der Waals surface area contributed by atoms with Crippen LogP contribution in [0.1, 0.15) is 66.9 Å². The Morgan fingerprint density at radius 3 is 1.95 bits per heavy atom. The van der Waals surface area contributed by atoms with Crippen LogP contribution in [0.25, 0.3) is 0 Å². The van der Waals surface area contributed by atoms with E-state index in [0.29, 0.717) is 11.3 Å². The highest BCUT2D eigenvalue weighted by molar-refractivity contribution is 5.31. The molecule has 114 valence electrons. The van der Waals surface area contributed by atoms with Crippen molar-refractivity contribution in [3.8, 4) is 5.75 Å². The number of ether oxygens (including phenoxy) is 1. The molecule has 0 saturated heterocycles. The van der Waals surface area contributed by atoms with Crippen molar-refractivity contribution in [1.29, 1.82) is 0 Å². The zero-order valence-electron chi connectivity index (χ0n) is 14.4. The van der Waals surface area contributed by atoms with Crippen molar-refractivity contribution < 1.29 is 4.74 Å².